The van der Waals surface area contributed by atoms with Crippen molar-refractivity contribution < 1.29 is 27.5 Å². The lowest BCUT2D eigenvalue weighted by Gasteiger charge is -2.15. The maximum absolute atomic E-state index is 13.4. The summed E-state index contributed by atoms with van der Waals surface area (Å²) in [5.41, 5.74) is -1.13. The number of carbonyl (C=O) groups is 2. The highest BCUT2D eigenvalue weighted by Gasteiger charge is 2.34. The van der Waals surface area contributed by atoms with Crippen molar-refractivity contribution >= 4 is 45.7 Å². The van der Waals surface area contributed by atoms with Crippen LogP contribution >= 0.6 is 11.3 Å². The summed E-state index contributed by atoms with van der Waals surface area (Å²) in [4.78, 5) is 46.5. The van der Waals surface area contributed by atoms with Crippen LogP contribution in [-0.4, -0.2) is 46.2 Å². The van der Waals surface area contributed by atoms with Gasteiger partial charge in [-0.15, -0.1) is 11.3 Å². The number of carbonyl (C=O) groups excluding carboxylic acids is 2. The Morgan fingerprint density at radius 3 is 2.60 bits per heavy atom. The van der Waals surface area contributed by atoms with Crippen LogP contribution in [0, 0.1) is 0 Å². The van der Waals surface area contributed by atoms with Gasteiger partial charge in [0.15, 0.2) is 5.69 Å². The number of halogens is 3. The Bertz CT molecular complexity index is 1620. The highest BCUT2D eigenvalue weighted by molar-refractivity contribution is 7.13. The molecule has 3 amide bonds. The molecule has 4 aromatic rings. The second kappa shape index (κ2) is 11.8. The van der Waals surface area contributed by atoms with Gasteiger partial charge in [-0.1, -0.05) is 12.1 Å². The zero-order valence-electron chi connectivity index (χ0n) is 21.6. The van der Waals surface area contributed by atoms with E-state index >= 15 is 0 Å². The maximum atomic E-state index is 13.4. The summed E-state index contributed by atoms with van der Waals surface area (Å²) < 4.78 is 46.7. The van der Waals surface area contributed by atoms with E-state index in [1.165, 1.54) is 25.6 Å². The fraction of sp³-hybridized carbons (Fsp3) is 0.269. The predicted octanol–water partition coefficient (Wildman–Crippen LogP) is 4.97. The van der Waals surface area contributed by atoms with Crippen molar-refractivity contribution in [2.24, 2.45) is 0 Å². The summed E-state index contributed by atoms with van der Waals surface area (Å²) in [7, 11) is 1.53. The summed E-state index contributed by atoms with van der Waals surface area (Å²) in [5.74, 6) is -0.779. The number of hydrogen-bond acceptors (Lipinski definition) is 7. The first-order chi connectivity index (χ1) is 19.0. The molecule has 0 atom stereocenters. The number of alkyl halides is 3. The summed E-state index contributed by atoms with van der Waals surface area (Å²) in [6.45, 7) is 4.19. The summed E-state index contributed by atoms with van der Waals surface area (Å²) in [5, 5.41) is 8.79. The quantitative estimate of drug-likeness (QED) is 0.273. The van der Waals surface area contributed by atoms with Crippen LogP contribution in [-0.2, 0) is 17.5 Å². The van der Waals surface area contributed by atoms with Gasteiger partial charge in [0.05, 0.1) is 24.0 Å². The first-order valence-electron chi connectivity index (χ1n) is 12.0. The molecule has 0 aliphatic rings. The van der Waals surface area contributed by atoms with Gasteiger partial charge in [-0.25, -0.2) is 14.8 Å². The predicted molar refractivity (Wildman–Crippen MR) is 146 cm³/mol. The van der Waals surface area contributed by atoms with E-state index in [4.69, 9.17) is 4.74 Å². The molecule has 0 aliphatic carbocycles. The van der Waals surface area contributed by atoms with Crippen LogP contribution in [0.25, 0.3) is 21.5 Å². The fourth-order valence-corrected chi connectivity index (χ4v) is 4.67. The van der Waals surface area contributed by atoms with Gasteiger partial charge in [0, 0.05) is 42.2 Å². The van der Waals surface area contributed by atoms with Crippen LogP contribution in [0.3, 0.4) is 0 Å². The number of rotatable bonds is 8. The Hall–Kier alpha value is -4.30. The SMILES string of the molecule is COCCn1cc(C(=O)Nc2cnc(NC(=O)NC(C)C)cc2-c2nc(C(F)(F)F)cs2)c(=O)c2ccccc21. The first-order valence-corrected chi connectivity index (χ1v) is 12.9. The molecule has 3 heterocycles. The molecule has 3 aromatic heterocycles. The number of nitrogens with one attached hydrogen (secondary N) is 3. The molecule has 0 saturated carbocycles. The third-order valence-electron chi connectivity index (χ3n) is 5.61. The van der Waals surface area contributed by atoms with Crippen LogP contribution < -0.4 is 21.4 Å². The number of nitrogens with zero attached hydrogens (tertiary/aromatic N) is 3. The minimum absolute atomic E-state index is 0.00103. The molecule has 0 bridgehead atoms. The smallest absolute Gasteiger partial charge is 0.383 e. The zero-order valence-corrected chi connectivity index (χ0v) is 22.4. The molecule has 210 valence electrons. The highest BCUT2D eigenvalue weighted by atomic mass is 32.1. The third-order valence-corrected chi connectivity index (χ3v) is 6.48. The number of methoxy groups -OCH3 is 1. The Kier molecular flexibility index (Phi) is 8.49. The Morgan fingerprint density at radius 1 is 1.18 bits per heavy atom. The number of benzene rings is 1. The van der Waals surface area contributed by atoms with Crippen molar-refractivity contribution in [1.29, 1.82) is 0 Å². The number of urea groups is 1. The van der Waals surface area contributed by atoms with Gasteiger partial charge < -0.3 is 19.9 Å². The van der Waals surface area contributed by atoms with E-state index in [0.29, 0.717) is 35.4 Å². The molecular weight excluding hydrogens is 549 g/mol. The largest absolute Gasteiger partial charge is 0.434 e. The summed E-state index contributed by atoms with van der Waals surface area (Å²) in [6.07, 6.45) is -2.09. The van der Waals surface area contributed by atoms with Crippen LogP contribution in [0.2, 0.25) is 0 Å². The van der Waals surface area contributed by atoms with E-state index in [0.717, 1.165) is 5.38 Å². The van der Waals surface area contributed by atoms with Gasteiger partial charge in [-0.2, -0.15) is 13.2 Å². The average Bonchev–Trinajstić information content (AvgIpc) is 3.40. The van der Waals surface area contributed by atoms with Crippen molar-refractivity contribution in [3.05, 3.63) is 69.6 Å². The molecule has 10 nitrogen and oxygen atoms in total. The minimum Gasteiger partial charge on any atom is -0.383 e. The molecule has 0 unspecified atom stereocenters. The Labute approximate surface area is 230 Å². The van der Waals surface area contributed by atoms with Gasteiger partial charge in [0.2, 0.25) is 5.43 Å². The van der Waals surface area contributed by atoms with Gasteiger partial charge in [0.25, 0.3) is 5.91 Å². The topological polar surface area (TPSA) is 127 Å². The monoisotopic (exact) mass is 574 g/mol. The lowest BCUT2D eigenvalue weighted by Crippen LogP contribution is -2.34. The lowest BCUT2D eigenvalue weighted by atomic mass is 10.1. The second-order valence-corrected chi connectivity index (χ2v) is 9.79. The van der Waals surface area contributed by atoms with E-state index in [9.17, 15) is 27.6 Å². The molecule has 0 spiro atoms. The van der Waals surface area contributed by atoms with Crippen molar-refractivity contribution in [1.82, 2.24) is 19.9 Å². The number of fused-ring (bicyclic) bond motifs is 1. The van der Waals surface area contributed by atoms with E-state index in [1.54, 1.807) is 42.7 Å². The Morgan fingerprint density at radius 2 is 1.93 bits per heavy atom. The number of pyridine rings is 2. The molecule has 0 saturated heterocycles. The van der Waals surface area contributed by atoms with Gasteiger partial charge in [-0.3, -0.25) is 14.9 Å². The number of aromatic nitrogens is 3. The van der Waals surface area contributed by atoms with E-state index in [-0.39, 0.29) is 33.7 Å². The fourth-order valence-electron chi connectivity index (χ4n) is 3.81. The molecule has 14 heteroatoms. The summed E-state index contributed by atoms with van der Waals surface area (Å²) in [6, 6.07) is 7.33. The second-order valence-electron chi connectivity index (χ2n) is 8.93. The molecule has 0 fully saturated rings. The van der Waals surface area contributed by atoms with Crippen molar-refractivity contribution in [2.45, 2.75) is 32.6 Å². The minimum atomic E-state index is -4.68. The van der Waals surface area contributed by atoms with E-state index in [1.807, 2.05) is 0 Å². The number of amides is 3. The first kappa shape index (κ1) is 28.7. The number of anilines is 2. The van der Waals surface area contributed by atoms with E-state index in [2.05, 4.69) is 25.9 Å². The van der Waals surface area contributed by atoms with Crippen molar-refractivity contribution in [2.75, 3.05) is 24.4 Å². The van der Waals surface area contributed by atoms with Crippen LogP contribution in [0.1, 0.15) is 29.9 Å². The molecule has 4 rings (SSSR count). The van der Waals surface area contributed by atoms with Crippen LogP contribution in [0.5, 0.6) is 0 Å². The maximum Gasteiger partial charge on any atom is 0.434 e. The summed E-state index contributed by atoms with van der Waals surface area (Å²) >= 11 is 0.703. The van der Waals surface area contributed by atoms with Crippen LogP contribution in [0.15, 0.2) is 52.9 Å². The third kappa shape index (κ3) is 6.46. The van der Waals surface area contributed by atoms with Crippen molar-refractivity contribution in [3.63, 3.8) is 0 Å². The Balaban J connectivity index is 1.75. The van der Waals surface area contributed by atoms with Crippen molar-refractivity contribution in [3.8, 4) is 10.6 Å². The van der Waals surface area contributed by atoms with Crippen LogP contribution in [0.4, 0.5) is 29.5 Å². The van der Waals surface area contributed by atoms with Gasteiger partial charge in [-0.05, 0) is 32.0 Å². The molecule has 0 radical (unpaired) electrons. The number of thiazole rings is 1. The molecule has 0 aliphatic heterocycles. The van der Waals surface area contributed by atoms with Gasteiger partial charge in [0.1, 0.15) is 16.4 Å². The zero-order chi connectivity index (χ0) is 29.0. The average molecular weight is 575 g/mol. The standard InChI is InChI=1S/C26H25F3N6O4S/c1-14(2)31-25(38)34-21-10-16(24-33-20(13-40-24)26(27,28)29)18(11-30-21)32-23(37)17-12-35(8-9-39-3)19-7-5-4-6-15(19)22(17)36/h4-7,10-14H,8-9H2,1-3H3,(H,32,37)(H2,30,31,34,38). The van der Waals surface area contributed by atoms with Gasteiger partial charge >= 0.3 is 12.2 Å². The number of para-hydroxylation sites is 1. The lowest BCUT2D eigenvalue weighted by molar-refractivity contribution is -0.140. The van der Waals surface area contributed by atoms with E-state index < -0.39 is 29.2 Å². The molecule has 1 aromatic carbocycles. The molecule has 40 heavy (non-hydrogen) atoms. The molecular formula is C26H25F3N6O4S. The normalized spacial score (nSPS) is 11.6. The number of ether oxygens (including phenoxy) is 1. The molecule has 3 N–H and O–H groups in total. The number of hydrogen-bond donors (Lipinski definition) is 3. The highest BCUT2D eigenvalue weighted by Crippen LogP contribution is 2.37.